The van der Waals surface area contributed by atoms with E-state index in [1.807, 2.05) is 30.4 Å². The largest absolute Gasteiger partial charge is 0.479 e. The molecule has 0 aromatic carbocycles. The number of carboxylic acids is 1. The van der Waals surface area contributed by atoms with Gasteiger partial charge < -0.3 is 39.0 Å². The molecule has 1 rings (SSSR count). The first-order valence-corrected chi connectivity index (χ1v) is 29.5. The minimum Gasteiger partial charge on any atom is -0.479 e. The van der Waals surface area contributed by atoms with Crippen molar-refractivity contribution in [1.29, 1.82) is 0 Å². The van der Waals surface area contributed by atoms with E-state index in [-0.39, 0.29) is 25.9 Å². The fourth-order valence-electron chi connectivity index (χ4n) is 8.11. The number of ether oxygens (including phenoxy) is 5. The summed E-state index contributed by atoms with van der Waals surface area (Å²) < 4.78 is 28.2. The smallest absolute Gasteiger partial charge is 0.335 e. The van der Waals surface area contributed by atoms with Gasteiger partial charge in [0.25, 0.3) is 0 Å². The Morgan fingerprint density at radius 2 is 0.818 bits per heavy atom. The molecule has 3 N–H and O–H groups in total. The van der Waals surface area contributed by atoms with Gasteiger partial charge in [0, 0.05) is 19.3 Å². The van der Waals surface area contributed by atoms with Crippen molar-refractivity contribution >= 4 is 23.9 Å². The van der Waals surface area contributed by atoms with Crippen molar-refractivity contribution in [2.45, 2.75) is 250 Å². The van der Waals surface area contributed by atoms with Crippen LogP contribution in [0.25, 0.3) is 0 Å². The maximum Gasteiger partial charge on any atom is 0.335 e. The van der Waals surface area contributed by atoms with Crippen LogP contribution >= 0.6 is 0 Å². The zero-order valence-electron chi connectivity index (χ0n) is 47.7. The van der Waals surface area contributed by atoms with Crippen LogP contribution in [-0.2, 0) is 42.9 Å². The van der Waals surface area contributed by atoms with Gasteiger partial charge in [-0.05, 0) is 83.5 Å². The number of hydrogen-bond donors (Lipinski definition) is 3. The van der Waals surface area contributed by atoms with Gasteiger partial charge in [-0.1, -0.05) is 232 Å². The zero-order chi connectivity index (χ0) is 56.1. The lowest BCUT2D eigenvalue weighted by molar-refractivity contribution is -0.301. The molecular weight excluding hydrogens is 973 g/mol. The summed E-state index contributed by atoms with van der Waals surface area (Å²) in [5, 5.41) is 31.5. The number of hydrogen-bond acceptors (Lipinski definition) is 11. The van der Waals surface area contributed by atoms with Crippen molar-refractivity contribution in [3.63, 3.8) is 0 Å². The Hall–Kier alpha value is -4.88. The molecule has 0 bridgehead atoms. The minimum atomic E-state index is -1.94. The van der Waals surface area contributed by atoms with E-state index in [1.54, 1.807) is 0 Å². The normalized spacial score (nSPS) is 18.9. The SMILES string of the molecule is CC/C=C\C/C=C\C/C=C\C/C=C\C/C=C\C/C=C\CCC(=O)OC1C(OCC(COC(=O)CCCCCCCCCCCCCCCCC)OC(=O)CC/C=C\C/C=C\C/C=C\C/C=C\CC)OC(C(=O)O)C(O)C1O. The second-order valence-electron chi connectivity index (χ2n) is 19.5. The highest BCUT2D eigenvalue weighted by molar-refractivity contribution is 5.74. The monoisotopic (exact) mass is 1070 g/mol. The van der Waals surface area contributed by atoms with Crippen LogP contribution in [0.4, 0.5) is 0 Å². The van der Waals surface area contributed by atoms with Crippen molar-refractivity contribution < 1.29 is 58.2 Å². The summed E-state index contributed by atoms with van der Waals surface area (Å²) in [5.41, 5.74) is 0. The molecule has 0 amide bonds. The molecule has 0 saturated carbocycles. The third kappa shape index (κ3) is 41.8. The Bertz CT molecular complexity index is 1800. The lowest BCUT2D eigenvalue weighted by Gasteiger charge is -2.40. The molecule has 6 unspecified atom stereocenters. The molecule has 1 saturated heterocycles. The van der Waals surface area contributed by atoms with Crippen LogP contribution < -0.4 is 0 Å². The average Bonchev–Trinajstić information content (AvgIpc) is 3.42. The van der Waals surface area contributed by atoms with Gasteiger partial charge >= 0.3 is 23.9 Å². The van der Waals surface area contributed by atoms with E-state index in [9.17, 15) is 34.5 Å². The quantitative estimate of drug-likeness (QED) is 0.0228. The topological polar surface area (TPSA) is 175 Å². The van der Waals surface area contributed by atoms with Gasteiger partial charge in [0.2, 0.25) is 0 Å². The van der Waals surface area contributed by atoms with E-state index in [4.69, 9.17) is 23.7 Å². The molecule has 1 aliphatic heterocycles. The number of carbonyl (C=O) groups excluding carboxylic acids is 3. The molecule has 1 heterocycles. The van der Waals surface area contributed by atoms with Crippen molar-refractivity contribution in [3.05, 3.63) is 122 Å². The Morgan fingerprint density at radius 3 is 1.22 bits per heavy atom. The predicted octanol–water partition coefficient (Wildman–Crippen LogP) is 15.2. The summed E-state index contributed by atoms with van der Waals surface area (Å²) in [7, 11) is 0. The number of aliphatic hydroxyl groups excluding tert-OH is 2. The number of esters is 3. The van der Waals surface area contributed by atoms with Crippen molar-refractivity contribution in [3.8, 4) is 0 Å². The molecule has 6 atom stereocenters. The van der Waals surface area contributed by atoms with E-state index < -0.39 is 67.3 Å². The summed E-state index contributed by atoms with van der Waals surface area (Å²) >= 11 is 0. The highest BCUT2D eigenvalue weighted by Crippen LogP contribution is 2.26. The number of aliphatic hydroxyl groups is 2. The molecular formula is C65H102O12. The number of rotatable bonds is 48. The molecule has 1 fully saturated rings. The summed E-state index contributed by atoms with van der Waals surface area (Å²) in [6.45, 7) is 5.66. The second kappa shape index (κ2) is 51.9. The van der Waals surface area contributed by atoms with Crippen LogP contribution in [0.15, 0.2) is 122 Å². The summed E-state index contributed by atoms with van der Waals surface area (Å²) in [4.78, 5) is 51.0. The van der Waals surface area contributed by atoms with Crippen molar-refractivity contribution in [1.82, 2.24) is 0 Å². The van der Waals surface area contributed by atoms with Crippen LogP contribution in [0, 0.1) is 0 Å². The first-order chi connectivity index (χ1) is 37.6. The Kier molecular flexibility index (Phi) is 47.2. The minimum absolute atomic E-state index is 0.0285. The van der Waals surface area contributed by atoms with E-state index in [0.717, 1.165) is 70.6 Å². The molecule has 0 spiro atoms. The highest BCUT2D eigenvalue weighted by atomic mass is 16.7. The molecule has 434 valence electrons. The molecule has 0 aliphatic carbocycles. The summed E-state index contributed by atoms with van der Waals surface area (Å²) in [6.07, 6.45) is 59.1. The fraction of sp³-hybridized carbons (Fsp3) is 0.631. The van der Waals surface area contributed by atoms with Gasteiger partial charge in [-0.2, -0.15) is 0 Å². The Morgan fingerprint density at radius 1 is 0.442 bits per heavy atom. The van der Waals surface area contributed by atoms with Gasteiger partial charge in [-0.25, -0.2) is 4.79 Å². The number of carbonyl (C=O) groups is 4. The van der Waals surface area contributed by atoms with Crippen LogP contribution in [-0.4, -0.2) is 89.2 Å². The van der Waals surface area contributed by atoms with Gasteiger partial charge in [-0.15, -0.1) is 0 Å². The molecule has 77 heavy (non-hydrogen) atoms. The number of aliphatic carboxylic acids is 1. The first kappa shape index (κ1) is 70.1. The zero-order valence-corrected chi connectivity index (χ0v) is 47.7. The van der Waals surface area contributed by atoms with Crippen LogP contribution in [0.5, 0.6) is 0 Å². The molecule has 0 radical (unpaired) electrons. The van der Waals surface area contributed by atoms with E-state index in [1.165, 1.54) is 70.6 Å². The molecule has 0 aromatic heterocycles. The maximum absolute atomic E-state index is 13.1. The van der Waals surface area contributed by atoms with Gasteiger partial charge in [0.15, 0.2) is 24.6 Å². The average molecular weight is 1080 g/mol. The van der Waals surface area contributed by atoms with Crippen LogP contribution in [0.2, 0.25) is 0 Å². The van der Waals surface area contributed by atoms with Crippen molar-refractivity contribution in [2.75, 3.05) is 13.2 Å². The third-order valence-electron chi connectivity index (χ3n) is 12.6. The highest BCUT2D eigenvalue weighted by Gasteiger charge is 2.50. The Labute approximate surface area is 465 Å². The van der Waals surface area contributed by atoms with Crippen LogP contribution in [0.3, 0.4) is 0 Å². The fourth-order valence-corrected chi connectivity index (χ4v) is 8.11. The molecule has 12 nitrogen and oxygen atoms in total. The van der Waals surface area contributed by atoms with Crippen LogP contribution in [0.1, 0.15) is 213 Å². The van der Waals surface area contributed by atoms with Crippen molar-refractivity contribution in [2.24, 2.45) is 0 Å². The second-order valence-corrected chi connectivity index (χ2v) is 19.5. The lowest BCUT2D eigenvalue weighted by Crippen LogP contribution is -2.61. The number of allylic oxidation sites excluding steroid dienone is 20. The first-order valence-electron chi connectivity index (χ1n) is 29.5. The molecule has 0 aromatic rings. The predicted molar refractivity (Wildman–Crippen MR) is 312 cm³/mol. The Balaban J connectivity index is 2.76. The van der Waals surface area contributed by atoms with Gasteiger partial charge in [-0.3, -0.25) is 14.4 Å². The van der Waals surface area contributed by atoms with Gasteiger partial charge in [0.05, 0.1) is 6.61 Å². The van der Waals surface area contributed by atoms with E-state index in [2.05, 4.69) is 112 Å². The molecule has 1 aliphatic rings. The van der Waals surface area contributed by atoms with E-state index >= 15 is 0 Å². The van der Waals surface area contributed by atoms with Gasteiger partial charge in [0.1, 0.15) is 18.8 Å². The lowest BCUT2D eigenvalue weighted by atomic mass is 9.98. The molecule has 12 heteroatoms. The number of carboxylic acid groups (broad SMARTS) is 1. The standard InChI is InChI=1S/C65H102O12/c1-4-7-10-13-16-19-22-25-27-28-29-30-32-35-38-41-44-47-50-53-59(68)76-63-61(70)60(69)62(64(71)72)77-65(63)74-55-56(75-58(67)52-49-46-43-40-37-33-24-21-18-15-12-9-6-3)54-73-57(66)51-48-45-42-39-36-34-31-26-23-20-17-14-11-8-5-2/h7,9-10,12,16,18-19,21,25,27,29-30,33,35,37-38,43-44,46-47,56,60-63,65,69-70H,4-6,8,11,13-15,17,20,22-24,26,28,31-32,34,36,39-42,45,48-55H2,1-3H3,(H,71,72)/b10-7-,12-9-,19-16-,21-18-,27-25-,30-29-,37-33-,38-35-,46-43-,47-44-. The maximum atomic E-state index is 13.1. The number of unbranched alkanes of at least 4 members (excludes halogenated alkanes) is 14. The third-order valence-corrected chi connectivity index (χ3v) is 12.6. The van der Waals surface area contributed by atoms with E-state index in [0.29, 0.717) is 32.1 Å². The summed E-state index contributed by atoms with van der Waals surface area (Å²) in [5.74, 6) is -3.35. The summed E-state index contributed by atoms with van der Waals surface area (Å²) in [6, 6.07) is 0.